The highest BCUT2D eigenvalue weighted by molar-refractivity contribution is 5.95. The molecule has 2 aromatic heterocycles. The number of aliphatic hydroxyl groups excluding tert-OH is 1. The fourth-order valence-corrected chi connectivity index (χ4v) is 7.94. The van der Waals surface area contributed by atoms with Gasteiger partial charge in [0.15, 0.2) is 0 Å². The molecule has 0 unspecified atom stereocenters. The van der Waals surface area contributed by atoms with E-state index < -0.39 is 11.6 Å². The molecule has 13 nitrogen and oxygen atoms in total. The first kappa shape index (κ1) is 44.8. The molecule has 4 fully saturated rings. The molecule has 328 valence electrons. The number of likely N-dealkylation sites (tertiary alicyclic amines) is 2. The molecule has 0 bridgehead atoms. The predicted octanol–water partition coefficient (Wildman–Crippen LogP) is 7.04. The average Bonchev–Trinajstić information content (AvgIpc) is 4.19. The number of aromatic nitrogens is 2. The van der Waals surface area contributed by atoms with Crippen LogP contribution in [0.1, 0.15) is 96.1 Å². The molecule has 8 rings (SSSR count). The summed E-state index contributed by atoms with van der Waals surface area (Å²) in [6.07, 6.45) is 8.85. The summed E-state index contributed by atoms with van der Waals surface area (Å²) in [4.78, 5) is 37.0. The Kier molecular flexibility index (Phi) is 14.9. The molecule has 2 aliphatic heterocycles. The van der Waals surface area contributed by atoms with Gasteiger partial charge in [-0.3, -0.25) is 9.59 Å². The van der Waals surface area contributed by atoms with Crippen LogP contribution in [0.2, 0.25) is 0 Å². The Morgan fingerprint density at radius 1 is 0.721 bits per heavy atom. The van der Waals surface area contributed by atoms with Crippen molar-refractivity contribution in [3.8, 4) is 23.0 Å². The quantitative estimate of drug-likeness (QED) is 0.128. The maximum absolute atomic E-state index is 14.6. The summed E-state index contributed by atoms with van der Waals surface area (Å²) >= 11 is 0. The molecule has 4 atom stereocenters. The lowest BCUT2D eigenvalue weighted by atomic mass is 9.89. The SMILES string of the molecule is COc1cc(N)ncc1C1CCN(C(=O)c2ccc(O)cc2F)CC1.COc1cc(N)ncc1C1CCN(C(=O)c2ccc(OC[C@@H]3C[C@H]3C)cc2F)CC1.C[C@@H]1C[C@H]1CO. The highest BCUT2D eigenvalue weighted by atomic mass is 19.1. The van der Waals surface area contributed by atoms with Gasteiger partial charge in [0.1, 0.15) is 46.3 Å². The van der Waals surface area contributed by atoms with Crippen LogP contribution in [0.25, 0.3) is 0 Å². The molecule has 15 heteroatoms. The minimum absolute atomic E-state index is 0.0250. The van der Waals surface area contributed by atoms with Gasteiger partial charge in [-0.05, 0) is 98.3 Å². The Bertz CT molecular complexity index is 2140. The normalized spacial score (nSPS) is 21.0. The van der Waals surface area contributed by atoms with Crippen molar-refractivity contribution in [2.24, 2.45) is 23.7 Å². The molecule has 61 heavy (non-hydrogen) atoms. The third-order valence-corrected chi connectivity index (χ3v) is 12.3. The second-order valence-electron chi connectivity index (χ2n) is 16.6. The number of anilines is 2. The van der Waals surface area contributed by atoms with Crippen LogP contribution in [0.15, 0.2) is 60.9 Å². The van der Waals surface area contributed by atoms with Gasteiger partial charge >= 0.3 is 0 Å². The number of aromatic hydroxyl groups is 1. The van der Waals surface area contributed by atoms with Crippen LogP contribution < -0.4 is 25.7 Å². The second-order valence-corrected chi connectivity index (χ2v) is 16.6. The topological polar surface area (TPSA) is 187 Å². The zero-order valence-corrected chi connectivity index (χ0v) is 35.4. The lowest BCUT2D eigenvalue weighted by Crippen LogP contribution is -2.38. The molecular formula is C46H58F2N6O7. The number of benzene rings is 2. The van der Waals surface area contributed by atoms with Crippen molar-refractivity contribution >= 4 is 23.5 Å². The second kappa shape index (κ2) is 20.2. The minimum atomic E-state index is -0.712. The summed E-state index contributed by atoms with van der Waals surface area (Å²) in [5, 5.41) is 17.6. The van der Waals surface area contributed by atoms with Gasteiger partial charge in [-0.1, -0.05) is 13.8 Å². The first-order valence-corrected chi connectivity index (χ1v) is 21.0. The van der Waals surface area contributed by atoms with E-state index in [1.807, 2.05) is 0 Å². The van der Waals surface area contributed by atoms with E-state index in [0.717, 1.165) is 61.0 Å². The summed E-state index contributed by atoms with van der Waals surface area (Å²) in [5.41, 5.74) is 13.5. The molecule has 4 heterocycles. The molecule has 4 aliphatic rings. The molecule has 2 aliphatic carbocycles. The lowest BCUT2D eigenvalue weighted by Gasteiger charge is -2.32. The van der Waals surface area contributed by atoms with E-state index >= 15 is 0 Å². The fraction of sp³-hybridized carbons (Fsp3) is 0.478. The number of nitrogen functional groups attached to an aromatic ring is 2. The summed E-state index contributed by atoms with van der Waals surface area (Å²) in [7, 11) is 3.20. The van der Waals surface area contributed by atoms with Crippen LogP contribution in [0.5, 0.6) is 23.0 Å². The van der Waals surface area contributed by atoms with Crippen molar-refractivity contribution in [1.82, 2.24) is 19.8 Å². The Labute approximate surface area is 356 Å². The molecule has 0 spiro atoms. The molecule has 2 aromatic carbocycles. The lowest BCUT2D eigenvalue weighted by molar-refractivity contribution is 0.0699. The number of nitrogens with zero attached hydrogens (tertiary/aromatic N) is 4. The van der Waals surface area contributed by atoms with E-state index in [-0.39, 0.29) is 40.5 Å². The van der Waals surface area contributed by atoms with Crippen molar-refractivity contribution in [3.05, 3.63) is 94.8 Å². The number of piperidine rings is 2. The number of rotatable bonds is 10. The van der Waals surface area contributed by atoms with E-state index in [4.69, 9.17) is 30.8 Å². The molecular weight excluding hydrogens is 787 g/mol. The molecule has 2 amide bonds. The Morgan fingerprint density at radius 2 is 1.16 bits per heavy atom. The van der Waals surface area contributed by atoms with Crippen molar-refractivity contribution in [3.63, 3.8) is 0 Å². The van der Waals surface area contributed by atoms with Gasteiger partial charge < -0.3 is 45.7 Å². The number of aliphatic hydroxyl groups is 1. The number of hydrogen-bond acceptors (Lipinski definition) is 11. The zero-order chi connectivity index (χ0) is 43.8. The minimum Gasteiger partial charge on any atom is -0.508 e. The highest BCUT2D eigenvalue weighted by Gasteiger charge is 2.34. The maximum atomic E-state index is 14.6. The number of carbonyl (C=O) groups is 2. The van der Waals surface area contributed by atoms with Gasteiger partial charge in [-0.15, -0.1) is 0 Å². The number of carbonyl (C=O) groups excluding carboxylic acids is 2. The van der Waals surface area contributed by atoms with E-state index in [9.17, 15) is 23.5 Å². The van der Waals surface area contributed by atoms with Crippen LogP contribution in [0, 0.1) is 35.3 Å². The van der Waals surface area contributed by atoms with E-state index in [1.165, 1.54) is 30.7 Å². The highest BCUT2D eigenvalue weighted by Crippen LogP contribution is 2.39. The maximum Gasteiger partial charge on any atom is 0.256 e. The van der Waals surface area contributed by atoms with Crippen molar-refractivity contribution in [2.75, 3.05) is 65.1 Å². The Balaban J connectivity index is 0.000000181. The number of ether oxygens (including phenoxy) is 3. The standard InChI is InChI=1S/C23H28FN3O3.C18H20FN3O3.C5H10O/c1-14-9-16(14)13-30-17-3-4-18(20(24)10-17)23(28)27-7-5-15(6-8-27)19-12-26-22(25)11-21(19)29-2;1-25-16-9-17(20)21-10-14(16)11-4-6-22(7-5-11)18(24)13-3-2-12(23)8-15(13)19;1-4-2-5(4)3-6/h3-4,10-12,14-16H,5-9,13H2,1-2H3,(H2,25,26);2-3,8-11,23H,4-7H2,1H3,(H2,20,21);4-6H,2-3H2,1H3/t14-,16+;;4-,5+/m1.1/s1. The first-order chi connectivity index (χ1) is 29.3. The third kappa shape index (κ3) is 11.6. The van der Waals surface area contributed by atoms with Gasteiger partial charge in [0.25, 0.3) is 11.8 Å². The van der Waals surface area contributed by atoms with Crippen LogP contribution in [0.3, 0.4) is 0 Å². The van der Waals surface area contributed by atoms with Crippen LogP contribution in [-0.4, -0.2) is 95.4 Å². The molecule has 0 radical (unpaired) electrons. The number of halogens is 2. The van der Waals surface area contributed by atoms with Gasteiger partial charge in [0.05, 0.1) is 32.0 Å². The van der Waals surface area contributed by atoms with Crippen LogP contribution in [-0.2, 0) is 0 Å². The predicted molar refractivity (Wildman–Crippen MR) is 228 cm³/mol. The van der Waals surface area contributed by atoms with E-state index in [2.05, 4.69) is 23.8 Å². The summed E-state index contributed by atoms with van der Waals surface area (Å²) < 4.78 is 44.9. The fourth-order valence-electron chi connectivity index (χ4n) is 7.94. The van der Waals surface area contributed by atoms with Gasteiger partial charge in [0.2, 0.25) is 0 Å². The summed E-state index contributed by atoms with van der Waals surface area (Å²) in [5.74, 6) is 3.76. The first-order valence-electron chi connectivity index (χ1n) is 21.0. The smallest absolute Gasteiger partial charge is 0.256 e. The van der Waals surface area contributed by atoms with Crippen LogP contribution >= 0.6 is 0 Å². The zero-order valence-electron chi connectivity index (χ0n) is 35.4. The summed E-state index contributed by atoms with van der Waals surface area (Å²) in [6.45, 7) is 7.48. The van der Waals surface area contributed by atoms with Crippen molar-refractivity contribution < 1.29 is 42.8 Å². The molecule has 2 saturated heterocycles. The van der Waals surface area contributed by atoms with E-state index in [1.54, 1.807) is 54.6 Å². The number of phenols is 1. The van der Waals surface area contributed by atoms with Crippen molar-refractivity contribution in [1.29, 1.82) is 0 Å². The summed E-state index contributed by atoms with van der Waals surface area (Å²) in [6, 6.07) is 11.5. The third-order valence-electron chi connectivity index (χ3n) is 12.3. The largest absolute Gasteiger partial charge is 0.508 e. The number of amides is 2. The van der Waals surface area contributed by atoms with Gasteiger partial charge in [-0.25, -0.2) is 18.7 Å². The van der Waals surface area contributed by atoms with Crippen molar-refractivity contribution in [2.45, 2.75) is 64.2 Å². The Hall–Kier alpha value is -5.70. The van der Waals surface area contributed by atoms with E-state index in [0.29, 0.717) is 80.3 Å². The number of hydrogen-bond donors (Lipinski definition) is 4. The van der Waals surface area contributed by atoms with Gasteiger partial charge in [0, 0.05) is 80.6 Å². The number of nitrogens with two attached hydrogens (primary N) is 2. The molecule has 6 N–H and O–H groups in total. The Morgan fingerprint density at radius 3 is 1.54 bits per heavy atom. The van der Waals surface area contributed by atoms with Crippen LogP contribution in [0.4, 0.5) is 20.4 Å². The number of phenolic OH excluding ortho intramolecular Hbond substituents is 1. The van der Waals surface area contributed by atoms with Gasteiger partial charge in [-0.2, -0.15) is 0 Å². The molecule has 4 aromatic rings. The number of methoxy groups -OCH3 is 2. The molecule has 2 saturated carbocycles. The number of pyridine rings is 2. The monoisotopic (exact) mass is 844 g/mol. The average molecular weight is 845 g/mol.